The zero-order chi connectivity index (χ0) is 16.7. The van der Waals surface area contributed by atoms with Crippen LogP contribution in [0.2, 0.25) is 0 Å². The van der Waals surface area contributed by atoms with Crippen molar-refractivity contribution in [1.29, 1.82) is 0 Å². The first-order valence-corrected chi connectivity index (χ1v) is 8.19. The molecular formula is C17H20N2O3S. The number of methoxy groups -OCH3 is 1. The maximum absolute atomic E-state index is 11.9. The van der Waals surface area contributed by atoms with E-state index in [2.05, 4.69) is 5.32 Å². The average Bonchev–Trinajstić information content (AvgIpc) is 3.04. The van der Waals surface area contributed by atoms with Crippen molar-refractivity contribution in [1.82, 2.24) is 5.32 Å². The molecule has 0 unspecified atom stereocenters. The average molecular weight is 332 g/mol. The van der Waals surface area contributed by atoms with Gasteiger partial charge >= 0.3 is 0 Å². The molecule has 0 atom stereocenters. The molecule has 0 fully saturated rings. The smallest absolute Gasteiger partial charge is 0.225 e. The van der Waals surface area contributed by atoms with Gasteiger partial charge in [-0.15, -0.1) is 11.3 Å². The number of carbonyl (C=O) groups excluding carboxylic acids is 2. The highest BCUT2D eigenvalue weighted by molar-refractivity contribution is 7.10. The first-order chi connectivity index (χ1) is 11.1. The van der Waals surface area contributed by atoms with Crippen molar-refractivity contribution in [2.24, 2.45) is 0 Å². The molecule has 23 heavy (non-hydrogen) atoms. The summed E-state index contributed by atoms with van der Waals surface area (Å²) in [5, 5.41) is 4.79. The van der Waals surface area contributed by atoms with Crippen LogP contribution in [0.4, 0.5) is 5.69 Å². The molecule has 0 spiro atoms. The molecule has 1 N–H and O–H groups in total. The lowest BCUT2D eigenvalue weighted by atomic mass is 10.2. The Bertz CT molecular complexity index is 656. The fourth-order valence-electron chi connectivity index (χ4n) is 2.19. The highest BCUT2D eigenvalue weighted by Crippen LogP contribution is 2.20. The van der Waals surface area contributed by atoms with E-state index >= 15 is 0 Å². The molecule has 122 valence electrons. The van der Waals surface area contributed by atoms with Crippen molar-refractivity contribution < 1.29 is 14.3 Å². The third-order valence-corrected chi connectivity index (χ3v) is 4.19. The van der Waals surface area contributed by atoms with Gasteiger partial charge in [0.25, 0.3) is 0 Å². The third-order valence-electron chi connectivity index (χ3n) is 3.32. The number of hydrogen-bond donors (Lipinski definition) is 1. The lowest BCUT2D eigenvalue weighted by Crippen LogP contribution is -2.38. The van der Waals surface area contributed by atoms with Crippen molar-refractivity contribution >= 4 is 28.8 Å². The van der Waals surface area contributed by atoms with Crippen LogP contribution < -0.4 is 15.0 Å². The van der Waals surface area contributed by atoms with Gasteiger partial charge in [-0.2, -0.15) is 0 Å². The van der Waals surface area contributed by atoms with Crippen LogP contribution in [0.15, 0.2) is 41.8 Å². The molecule has 0 aliphatic rings. The van der Waals surface area contributed by atoms with Gasteiger partial charge in [-0.25, -0.2) is 0 Å². The Hall–Kier alpha value is -2.34. The number of nitrogens with one attached hydrogen (secondary N) is 1. The number of anilines is 1. The van der Waals surface area contributed by atoms with Crippen LogP contribution in [-0.4, -0.2) is 32.0 Å². The first kappa shape index (κ1) is 17.0. The molecule has 2 amide bonds. The van der Waals surface area contributed by atoms with Crippen LogP contribution in [0.3, 0.4) is 0 Å². The van der Waals surface area contributed by atoms with E-state index in [1.807, 2.05) is 35.7 Å². The largest absolute Gasteiger partial charge is 0.497 e. The van der Waals surface area contributed by atoms with Crippen molar-refractivity contribution in [3.8, 4) is 5.75 Å². The second kappa shape index (κ2) is 8.33. The van der Waals surface area contributed by atoms with Crippen molar-refractivity contribution in [2.45, 2.75) is 13.3 Å². The van der Waals surface area contributed by atoms with E-state index in [-0.39, 0.29) is 11.8 Å². The highest BCUT2D eigenvalue weighted by atomic mass is 32.1. The molecule has 2 aromatic rings. The number of benzene rings is 1. The predicted octanol–water partition coefficient (Wildman–Crippen LogP) is 2.47. The van der Waals surface area contributed by atoms with Gasteiger partial charge in [0.05, 0.1) is 13.5 Å². The highest BCUT2D eigenvalue weighted by Gasteiger charge is 2.12. The zero-order valence-corrected chi connectivity index (χ0v) is 14.1. The minimum atomic E-state index is -0.0780. The quantitative estimate of drug-likeness (QED) is 0.847. The summed E-state index contributed by atoms with van der Waals surface area (Å²) in [6, 6.07) is 11.2. The molecule has 1 aromatic heterocycles. The summed E-state index contributed by atoms with van der Waals surface area (Å²) in [7, 11) is 1.59. The molecule has 1 aromatic carbocycles. The van der Waals surface area contributed by atoms with Gasteiger partial charge in [0, 0.05) is 36.6 Å². The topological polar surface area (TPSA) is 58.6 Å². The Balaban J connectivity index is 1.89. The van der Waals surface area contributed by atoms with Crippen LogP contribution in [0.1, 0.15) is 11.8 Å². The number of rotatable bonds is 7. The molecule has 0 radical (unpaired) electrons. The SMILES string of the molecule is COc1cccc(N(CCNC(=O)Cc2cccs2)C(C)=O)c1. The number of thiophene rings is 1. The molecular weight excluding hydrogens is 312 g/mol. The first-order valence-electron chi connectivity index (χ1n) is 7.31. The number of amides is 2. The van der Waals surface area contributed by atoms with Gasteiger partial charge in [-0.1, -0.05) is 12.1 Å². The number of hydrogen-bond acceptors (Lipinski definition) is 4. The number of nitrogens with zero attached hydrogens (tertiary/aromatic N) is 1. The Labute approximate surface area is 139 Å². The summed E-state index contributed by atoms with van der Waals surface area (Å²) in [5.74, 6) is 0.572. The second-order valence-corrected chi connectivity index (χ2v) is 6.01. The Morgan fingerprint density at radius 2 is 2.09 bits per heavy atom. The molecule has 5 nitrogen and oxygen atoms in total. The second-order valence-electron chi connectivity index (χ2n) is 4.98. The Kier molecular flexibility index (Phi) is 6.17. The third kappa shape index (κ3) is 5.10. The van der Waals surface area contributed by atoms with E-state index in [4.69, 9.17) is 4.74 Å². The van der Waals surface area contributed by atoms with Crippen LogP contribution >= 0.6 is 11.3 Å². The number of ether oxygens (including phenoxy) is 1. The van der Waals surface area contributed by atoms with E-state index in [0.717, 1.165) is 10.6 Å². The van der Waals surface area contributed by atoms with Gasteiger partial charge in [0.1, 0.15) is 5.75 Å². The van der Waals surface area contributed by atoms with Gasteiger partial charge in [-0.3, -0.25) is 9.59 Å². The Morgan fingerprint density at radius 1 is 1.26 bits per heavy atom. The van der Waals surface area contributed by atoms with Crippen LogP contribution in [0.25, 0.3) is 0 Å². The van der Waals surface area contributed by atoms with Gasteiger partial charge in [0.2, 0.25) is 11.8 Å². The molecule has 0 bridgehead atoms. The van der Waals surface area contributed by atoms with Crippen LogP contribution in [0, 0.1) is 0 Å². The molecule has 1 heterocycles. The molecule has 2 rings (SSSR count). The summed E-state index contributed by atoms with van der Waals surface area (Å²) in [5.41, 5.74) is 0.754. The molecule has 6 heteroatoms. The van der Waals surface area contributed by atoms with E-state index in [0.29, 0.717) is 25.3 Å². The summed E-state index contributed by atoms with van der Waals surface area (Å²) in [6.45, 7) is 2.33. The Morgan fingerprint density at radius 3 is 2.74 bits per heavy atom. The van der Waals surface area contributed by atoms with E-state index in [9.17, 15) is 9.59 Å². The van der Waals surface area contributed by atoms with Crippen molar-refractivity contribution in [3.63, 3.8) is 0 Å². The fraction of sp³-hybridized carbons (Fsp3) is 0.294. The predicted molar refractivity (Wildman–Crippen MR) is 92.1 cm³/mol. The minimum Gasteiger partial charge on any atom is -0.497 e. The van der Waals surface area contributed by atoms with Crippen LogP contribution in [0.5, 0.6) is 5.75 Å². The van der Waals surface area contributed by atoms with Crippen molar-refractivity contribution in [3.05, 3.63) is 46.7 Å². The summed E-state index contributed by atoms with van der Waals surface area (Å²) in [6.07, 6.45) is 0.372. The van der Waals surface area contributed by atoms with Gasteiger partial charge in [0.15, 0.2) is 0 Å². The van der Waals surface area contributed by atoms with Gasteiger partial charge < -0.3 is 15.0 Å². The van der Waals surface area contributed by atoms with Gasteiger partial charge in [-0.05, 0) is 23.6 Å². The normalized spacial score (nSPS) is 10.2. The summed E-state index contributed by atoms with van der Waals surface area (Å²) in [4.78, 5) is 26.4. The number of carbonyl (C=O) groups is 2. The maximum Gasteiger partial charge on any atom is 0.225 e. The lowest BCUT2D eigenvalue weighted by molar-refractivity contribution is -0.120. The van der Waals surface area contributed by atoms with E-state index < -0.39 is 0 Å². The summed E-state index contributed by atoms with van der Waals surface area (Å²) < 4.78 is 5.18. The standard InChI is InChI=1S/C17H20N2O3S/c1-13(20)19(14-5-3-6-15(11-14)22-2)9-8-18-17(21)12-16-7-4-10-23-16/h3-7,10-11H,8-9,12H2,1-2H3,(H,18,21). The van der Waals surface area contributed by atoms with Crippen LogP contribution in [-0.2, 0) is 16.0 Å². The molecule has 0 aliphatic carbocycles. The minimum absolute atomic E-state index is 0.0402. The molecule has 0 saturated carbocycles. The molecule has 0 aliphatic heterocycles. The summed E-state index contributed by atoms with van der Waals surface area (Å²) >= 11 is 1.56. The molecule has 0 saturated heterocycles. The monoisotopic (exact) mass is 332 g/mol. The van der Waals surface area contributed by atoms with E-state index in [1.54, 1.807) is 29.4 Å². The lowest BCUT2D eigenvalue weighted by Gasteiger charge is -2.22. The zero-order valence-electron chi connectivity index (χ0n) is 13.2. The fourth-order valence-corrected chi connectivity index (χ4v) is 2.89. The van der Waals surface area contributed by atoms with Crippen molar-refractivity contribution in [2.75, 3.05) is 25.1 Å². The maximum atomic E-state index is 11.9. The van der Waals surface area contributed by atoms with E-state index in [1.165, 1.54) is 6.92 Å².